The highest BCUT2D eigenvalue weighted by Gasteiger charge is 2.15. The Balaban J connectivity index is 1.53. The van der Waals surface area contributed by atoms with Gasteiger partial charge in [0, 0.05) is 29.4 Å². The van der Waals surface area contributed by atoms with E-state index in [0.29, 0.717) is 44.0 Å². The van der Waals surface area contributed by atoms with Crippen molar-refractivity contribution in [2.45, 2.75) is 17.5 Å². The average Bonchev–Trinajstić information content (AvgIpc) is 3.25. The molecule has 0 saturated carbocycles. The van der Waals surface area contributed by atoms with Crippen LogP contribution in [0, 0.1) is 0 Å². The number of rotatable bonds is 6. The van der Waals surface area contributed by atoms with Gasteiger partial charge >= 0.3 is 0 Å². The predicted octanol–water partition coefficient (Wildman–Crippen LogP) is 5.26. The number of pyridine rings is 1. The Kier molecular flexibility index (Phi) is 5.88. The van der Waals surface area contributed by atoms with Crippen molar-refractivity contribution < 1.29 is 0 Å². The van der Waals surface area contributed by atoms with Crippen LogP contribution in [0.5, 0.6) is 0 Å². The lowest BCUT2D eigenvalue weighted by Crippen LogP contribution is -2.22. The Bertz CT molecular complexity index is 1620. The summed E-state index contributed by atoms with van der Waals surface area (Å²) in [6.45, 7) is 4.12. The molecule has 1 aromatic carbocycles. The highest BCUT2D eigenvalue weighted by molar-refractivity contribution is 7.98. The van der Waals surface area contributed by atoms with Crippen molar-refractivity contribution in [2.75, 3.05) is 0 Å². The molecular formula is C24H17ClN4O2S2. The number of thiophene rings is 1. The van der Waals surface area contributed by atoms with E-state index in [1.165, 1.54) is 33.6 Å². The number of aromatic nitrogens is 4. The summed E-state index contributed by atoms with van der Waals surface area (Å²) >= 11 is 8.79. The van der Waals surface area contributed by atoms with Gasteiger partial charge in [0.2, 0.25) is 0 Å². The van der Waals surface area contributed by atoms with E-state index in [0.717, 1.165) is 10.4 Å². The van der Waals surface area contributed by atoms with Gasteiger partial charge in [-0.1, -0.05) is 59.8 Å². The fourth-order valence-corrected chi connectivity index (χ4v) is 5.59. The number of thioether (sulfide) groups is 1. The summed E-state index contributed by atoms with van der Waals surface area (Å²) in [4.78, 5) is 36.0. The smallest absolute Gasteiger partial charge is 0.272 e. The standard InChI is InChI=1S/C24H17ClN4O2S2/c1-2-10-28-23(31)22-18(12-19(33-22)15-6-4-3-5-7-15)27-24(28)32-14-17-11-21(30)29-13-16(25)8-9-20(29)26-17/h2-9,11-13H,1,10,14H2. The zero-order valence-electron chi connectivity index (χ0n) is 17.3. The summed E-state index contributed by atoms with van der Waals surface area (Å²) in [5.41, 5.74) is 2.51. The minimum absolute atomic E-state index is 0.101. The lowest BCUT2D eigenvalue weighted by molar-refractivity contribution is 0.672. The van der Waals surface area contributed by atoms with Gasteiger partial charge in [0.05, 0.1) is 16.2 Å². The largest absolute Gasteiger partial charge is 0.282 e. The maximum absolute atomic E-state index is 13.2. The van der Waals surface area contributed by atoms with Crippen molar-refractivity contribution in [1.29, 1.82) is 0 Å². The van der Waals surface area contributed by atoms with Crippen LogP contribution in [0.25, 0.3) is 26.3 Å². The Hall–Kier alpha value is -3.20. The van der Waals surface area contributed by atoms with E-state index in [4.69, 9.17) is 16.6 Å². The molecule has 0 radical (unpaired) electrons. The summed E-state index contributed by atoms with van der Waals surface area (Å²) in [7, 11) is 0. The van der Waals surface area contributed by atoms with E-state index in [2.05, 4.69) is 11.6 Å². The molecule has 0 spiro atoms. The maximum Gasteiger partial charge on any atom is 0.272 e. The Morgan fingerprint density at radius 2 is 1.91 bits per heavy atom. The highest BCUT2D eigenvalue weighted by atomic mass is 35.5. The van der Waals surface area contributed by atoms with Crippen molar-refractivity contribution >= 4 is 50.6 Å². The molecule has 5 rings (SSSR count). The monoisotopic (exact) mass is 492 g/mol. The molecule has 0 atom stereocenters. The number of hydrogen-bond acceptors (Lipinski definition) is 6. The van der Waals surface area contributed by atoms with E-state index in [-0.39, 0.29) is 11.1 Å². The van der Waals surface area contributed by atoms with Crippen molar-refractivity contribution in [3.8, 4) is 10.4 Å². The first kappa shape index (κ1) is 21.6. The van der Waals surface area contributed by atoms with Crippen LogP contribution in [0.4, 0.5) is 0 Å². The Morgan fingerprint density at radius 3 is 2.70 bits per heavy atom. The molecule has 6 nitrogen and oxygen atoms in total. The van der Waals surface area contributed by atoms with Crippen molar-refractivity contribution in [2.24, 2.45) is 0 Å². The van der Waals surface area contributed by atoms with Crippen LogP contribution in [0.3, 0.4) is 0 Å². The molecule has 0 aliphatic rings. The van der Waals surface area contributed by atoms with Crippen LogP contribution in [0.2, 0.25) is 5.02 Å². The predicted molar refractivity (Wildman–Crippen MR) is 136 cm³/mol. The van der Waals surface area contributed by atoms with E-state index >= 15 is 0 Å². The highest BCUT2D eigenvalue weighted by Crippen LogP contribution is 2.32. The molecule has 0 amide bonds. The lowest BCUT2D eigenvalue weighted by Gasteiger charge is -2.10. The lowest BCUT2D eigenvalue weighted by atomic mass is 10.2. The van der Waals surface area contributed by atoms with E-state index in [1.54, 1.807) is 29.0 Å². The van der Waals surface area contributed by atoms with Gasteiger partial charge in [-0.15, -0.1) is 17.9 Å². The molecule has 0 aliphatic heterocycles. The molecule has 164 valence electrons. The first-order valence-corrected chi connectivity index (χ1v) is 12.2. The SMILES string of the molecule is C=CCn1c(SCc2cc(=O)n3cc(Cl)ccc3n2)nc2cc(-c3ccccc3)sc2c1=O. The molecule has 9 heteroatoms. The van der Waals surface area contributed by atoms with Crippen LogP contribution in [0.15, 0.2) is 88.2 Å². The summed E-state index contributed by atoms with van der Waals surface area (Å²) in [5.74, 6) is 0.388. The van der Waals surface area contributed by atoms with Crippen molar-refractivity contribution in [3.05, 3.63) is 105 Å². The fraction of sp³-hybridized carbons (Fsp3) is 0.0833. The van der Waals surface area contributed by atoms with E-state index in [1.807, 2.05) is 36.4 Å². The maximum atomic E-state index is 13.2. The van der Waals surface area contributed by atoms with Crippen LogP contribution in [0.1, 0.15) is 5.69 Å². The third kappa shape index (κ3) is 4.25. The molecule has 4 aromatic heterocycles. The minimum atomic E-state index is -0.213. The van der Waals surface area contributed by atoms with Crippen molar-refractivity contribution in [3.63, 3.8) is 0 Å². The molecule has 0 unspecified atom stereocenters. The second-order valence-corrected chi connectivity index (χ2v) is 9.67. The summed E-state index contributed by atoms with van der Waals surface area (Å²) in [5, 5.41) is 1.02. The third-order valence-electron chi connectivity index (χ3n) is 4.99. The molecule has 0 bridgehead atoms. The second kappa shape index (κ2) is 8.97. The zero-order valence-corrected chi connectivity index (χ0v) is 19.7. The van der Waals surface area contributed by atoms with Crippen LogP contribution >= 0.6 is 34.7 Å². The van der Waals surface area contributed by atoms with Gasteiger partial charge in [-0.2, -0.15) is 0 Å². The Morgan fingerprint density at radius 1 is 1.09 bits per heavy atom. The minimum Gasteiger partial charge on any atom is -0.282 e. The third-order valence-corrected chi connectivity index (χ3v) is 7.39. The summed E-state index contributed by atoms with van der Waals surface area (Å²) < 4.78 is 3.63. The Labute approximate surface area is 201 Å². The van der Waals surface area contributed by atoms with Crippen LogP contribution in [-0.2, 0) is 12.3 Å². The number of hydrogen-bond donors (Lipinski definition) is 0. The van der Waals surface area contributed by atoms with Gasteiger partial charge in [-0.05, 0) is 23.8 Å². The van der Waals surface area contributed by atoms with Crippen molar-refractivity contribution in [1.82, 2.24) is 18.9 Å². The normalized spacial score (nSPS) is 11.3. The quantitative estimate of drug-likeness (QED) is 0.183. The first-order chi connectivity index (χ1) is 16.0. The molecule has 5 aromatic rings. The van der Waals surface area contributed by atoms with Crippen LogP contribution < -0.4 is 11.1 Å². The average molecular weight is 493 g/mol. The molecule has 0 N–H and O–H groups in total. The molecule has 33 heavy (non-hydrogen) atoms. The van der Waals surface area contributed by atoms with E-state index < -0.39 is 0 Å². The second-order valence-electron chi connectivity index (χ2n) is 7.24. The summed E-state index contributed by atoms with van der Waals surface area (Å²) in [6.07, 6.45) is 3.22. The van der Waals surface area contributed by atoms with Gasteiger partial charge in [-0.25, -0.2) is 9.97 Å². The number of nitrogens with zero attached hydrogens (tertiary/aromatic N) is 4. The molecule has 4 heterocycles. The van der Waals surface area contributed by atoms with Gasteiger partial charge in [0.15, 0.2) is 5.16 Å². The molecule has 0 fully saturated rings. The van der Waals surface area contributed by atoms with Crippen LogP contribution in [-0.4, -0.2) is 18.9 Å². The zero-order chi connectivity index (χ0) is 22.9. The van der Waals surface area contributed by atoms with Gasteiger partial charge in [-0.3, -0.25) is 18.6 Å². The van der Waals surface area contributed by atoms with Gasteiger partial charge in [0.1, 0.15) is 10.3 Å². The molecular weight excluding hydrogens is 476 g/mol. The molecule has 0 saturated heterocycles. The first-order valence-electron chi connectivity index (χ1n) is 10.0. The van der Waals surface area contributed by atoms with Gasteiger partial charge in [0.25, 0.3) is 11.1 Å². The number of halogens is 1. The number of benzene rings is 1. The van der Waals surface area contributed by atoms with E-state index in [9.17, 15) is 9.59 Å². The fourth-order valence-electron chi connectivity index (χ4n) is 3.47. The number of fused-ring (bicyclic) bond motifs is 2. The topological polar surface area (TPSA) is 69.3 Å². The number of allylic oxidation sites excluding steroid dienone is 1. The van der Waals surface area contributed by atoms with Gasteiger partial charge < -0.3 is 0 Å². The molecule has 0 aliphatic carbocycles. The summed E-state index contributed by atoms with van der Waals surface area (Å²) in [6, 6.07) is 16.7.